The van der Waals surface area contributed by atoms with E-state index in [1.807, 2.05) is 0 Å². The second kappa shape index (κ2) is 8.16. The quantitative estimate of drug-likeness (QED) is 0.555. The number of hydrogen-bond donors (Lipinski definition) is 0. The van der Waals surface area contributed by atoms with E-state index in [1.54, 1.807) is 9.80 Å². The van der Waals surface area contributed by atoms with Crippen molar-refractivity contribution in [3.63, 3.8) is 0 Å². The first kappa shape index (κ1) is 20.7. The minimum atomic E-state index is -3.78. The third-order valence-electron chi connectivity index (χ3n) is 4.77. The highest BCUT2D eigenvalue weighted by atomic mass is 32.2. The fourth-order valence-electron chi connectivity index (χ4n) is 3.39. The SMILES string of the molecule is CS(=O)(=O)c1cccc(N2CCCN(C(=O)c3ccc(F)cc3)CC2)c1[N+](=O)[O-]. The van der Waals surface area contributed by atoms with E-state index < -0.39 is 26.3 Å². The Labute approximate surface area is 167 Å². The molecule has 2 aromatic carbocycles. The molecule has 2 aromatic rings. The van der Waals surface area contributed by atoms with Crippen LogP contribution in [0.2, 0.25) is 0 Å². The number of carbonyl (C=O) groups is 1. The molecule has 1 fully saturated rings. The molecule has 0 atom stereocenters. The number of sulfone groups is 1. The van der Waals surface area contributed by atoms with Gasteiger partial charge >= 0.3 is 5.69 Å². The van der Waals surface area contributed by atoms with Crippen LogP contribution in [0.15, 0.2) is 47.4 Å². The highest BCUT2D eigenvalue weighted by molar-refractivity contribution is 7.90. The summed E-state index contributed by atoms with van der Waals surface area (Å²) in [5, 5.41) is 11.6. The van der Waals surface area contributed by atoms with E-state index in [-0.39, 0.29) is 16.5 Å². The number of carbonyl (C=O) groups excluding carboxylic acids is 1. The molecule has 0 N–H and O–H groups in total. The van der Waals surface area contributed by atoms with Gasteiger partial charge in [-0.1, -0.05) is 6.07 Å². The van der Waals surface area contributed by atoms with Gasteiger partial charge in [-0.05, 0) is 42.8 Å². The topological polar surface area (TPSA) is 101 Å². The molecule has 0 aromatic heterocycles. The van der Waals surface area contributed by atoms with Gasteiger partial charge in [0.05, 0.1) is 4.92 Å². The summed E-state index contributed by atoms with van der Waals surface area (Å²) >= 11 is 0. The van der Waals surface area contributed by atoms with Crippen LogP contribution < -0.4 is 4.90 Å². The standard InChI is InChI=1S/C19H20FN3O5S/c1-29(27,28)17-5-2-4-16(18(17)23(25)26)21-10-3-11-22(13-12-21)19(24)14-6-8-15(20)9-7-14/h2,4-9H,3,10-13H2,1H3. The zero-order valence-electron chi connectivity index (χ0n) is 15.7. The Kier molecular flexibility index (Phi) is 5.83. The van der Waals surface area contributed by atoms with Crippen LogP contribution in [0.25, 0.3) is 0 Å². The number of para-hydroxylation sites is 1. The fraction of sp³-hybridized carbons (Fsp3) is 0.316. The minimum Gasteiger partial charge on any atom is -0.364 e. The van der Waals surface area contributed by atoms with E-state index >= 15 is 0 Å². The minimum absolute atomic E-state index is 0.217. The van der Waals surface area contributed by atoms with Crippen molar-refractivity contribution in [1.82, 2.24) is 4.90 Å². The maximum absolute atomic E-state index is 13.1. The molecule has 1 amide bonds. The van der Waals surface area contributed by atoms with Crippen molar-refractivity contribution in [2.24, 2.45) is 0 Å². The monoisotopic (exact) mass is 421 g/mol. The number of halogens is 1. The molecule has 8 nitrogen and oxygen atoms in total. The highest BCUT2D eigenvalue weighted by Gasteiger charge is 2.30. The Balaban J connectivity index is 1.85. The lowest BCUT2D eigenvalue weighted by atomic mass is 10.2. The van der Waals surface area contributed by atoms with Crippen molar-refractivity contribution in [1.29, 1.82) is 0 Å². The van der Waals surface area contributed by atoms with E-state index in [2.05, 4.69) is 0 Å². The summed E-state index contributed by atoms with van der Waals surface area (Å²) in [5.41, 5.74) is 0.132. The number of hydrogen-bond acceptors (Lipinski definition) is 6. The Hall–Kier alpha value is -3.01. The molecule has 0 bridgehead atoms. The molecule has 0 unspecified atom stereocenters. The van der Waals surface area contributed by atoms with Gasteiger partial charge in [-0.3, -0.25) is 14.9 Å². The van der Waals surface area contributed by atoms with Gasteiger partial charge in [-0.25, -0.2) is 12.8 Å². The molecule has 29 heavy (non-hydrogen) atoms. The summed E-state index contributed by atoms with van der Waals surface area (Å²) in [7, 11) is -3.78. The molecule has 1 saturated heterocycles. The van der Waals surface area contributed by atoms with E-state index in [4.69, 9.17) is 0 Å². The number of anilines is 1. The lowest BCUT2D eigenvalue weighted by Gasteiger charge is -2.24. The molecule has 10 heteroatoms. The molecule has 0 aliphatic carbocycles. The van der Waals surface area contributed by atoms with Crippen LogP contribution in [0.5, 0.6) is 0 Å². The number of nitro groups is 1. The number of amides is 1. The van der Waals surface area contributed by atoms with Crippen LogP contribution in [0, 0.1) is 15.9 Å². The van der Waals surface area contributed by atoms with Crippen LogP contribution >= 0.6 is 0 Å². The van der Waals surface area contributed by atoms with Crippen LogP contribution in [0.1, 0.15) is 16.8 Å². The lowest BCUT2D eigenvalue weighted by Crippen LogP contribution is -2.35. The van der Waals surface area contributed by atoms with Crippen molar-refractivity contribution in [3.05, 3.63) is 64.0 Å². The highest BCUT2D eigenvalue weighted by Crippen LogP contribution is 2.35. The lowest BCUT2D eigenvalue weighted by molar-refractivity contribution is -0.387. The largest absolute Gasteiger partial charge is 0.364 e. The van der Waals surface area contributed by atoms with E-state index in [9.17, 15) is 27.7 Å². The van der Waals surface area contributed by atoms with Crippen molar-refractivity contribution in [2.75, 3.05) is 37.3 Å². The van der Waals surface area contributed by atoms with E-state index in [1.165, 1.54) is 42.5 Å². The normalized spacial score (nSPS) is 15.1. The first-order valence-electron chi connectivity index (χ1n) is 8.96. The second-order valence-electron chi connectivity index (χ2n) is 6.79. The van der Waals surface area contributed by atoms with Gasteiger partial charge in [0.25, 0.3) is 5.91 Å². The van der Waals surface area contributed by atoms with Crippen LogP contribution in [-0.4, -0.2) is 56.6 Å². The first-order chi connectivity index (χ1) is 13.7. The molecule has 3 rings (SSSR count). The van der Waals surface area contributed by atoms with Gasteiger partial charge in [-0.15, -0.1) is 0 Å². The van der Waals surface area contributed by atoms with Crippen molar-refractivity contribution >= 4 is 27.1 Å². The molecule has 1 aliphatic rings. The molecule has 0 spiro atoms. The zero-order valence-corrected chi connectivity index (χ0v) is 16.6. The van der Waals surface area contributed by atoms with Gasteiger partial charge in [0, 0.05) is 38.0 Å². The van der Waals surface area contributed by atoms with E-state index in [0.29, 0.717) is 38.2 Å². The summed E-state index contributed by atoms with van der Waals surface area (Å²) in [6, 6.07) is 9.49. The van der Waals surface area contributed by atoms with Gasteiger partial charge in [-0.2, -0.15) is 0 Å². The smallest absolute Gasteiger partial charge is 0.311 e. The maximum atomic E-state index is 13.1. The van der Waals surface area contributed by atoms with Gasteiger partial charge in [0.2, 0.25) is 0 Å². The summed E-state index contributed by atoms with van der Waals surface area (Å²) in [5.74, 6) is -0.673. The Morgan fingerprint density at radius 3 is 2.38 bits per heavy atom. The third-order valence-corrected chi connectivity index (χ3v) is 5.90. The van der Waals surface area contributed by atoms with Crippen molar-refractivity contribution < 1.29 is 22.5 Å². The van der Waals surface area contributed by atoms with Gasteiger partial charge in [0.1, 0.15) is 16.4 Å². The molecular weight excluding hydrogens is 401 g/mol. The van der Waals surface area contributed by atoms with Crippen molar-refractivity contribution in [3.8, 4) is 0 Å². The first-order valence-corrected chi connectivity index (χ1v) is 10.8. The molecule has 1 aliphatic heterocycles. The van der Waals surface area contributed by atoms with Crippen LogP contribution in [0.3, 0.4) is 0 Å². The summed E-state index contributed by atoms with van der Waals surface area (Å²) < 4.78 is 37.0. The van der Waals surface area contributed by atoms with E-state index in [0.717, 1.165) is 6.26 Å². The molecular formula is C19H20FN3O5S. The molecule has 154 valence electrons. The molecule has 0 radical (unpaired) electrons. The summed E-state index contributed by atoms with van der Waals surface area (Å²) in [6.07, 6.45) is 1.48. The number of rotatable bonds is 4. The Morgan fingerprint density at radius 1 is 1.07 bits per heavy atom. The average molecular weight is 421 g/mol. The Morgan fingerprint density at radius 2 is 1.76 bits per heavy atom. The third kappa shape index (κ3) is 4.53. The van der Waals surface area contributed by atoms with Gasteiger partial charge < -0.3 is 9.80 Å². The number of nitrogens with zero attached hydrogens (tertiary/aromatic N) is 3. The van der Waals surface area contributed by atoms with Crippen LogP contribution in [-0.2, 0) is 9.84 Å². The predicted octanol–water partition coefficient (Wildman–Crippen LogP) is 2.49. The Bertz CT molecular complexity index is 1040. The summed E-state index contributed by atoms with van der Waals surface area (Å²) in [4.78, 5) is 26.6. The predicted molar refractivity (Wildman–Crippen MR) is 105 cm³/mol. The summed E-state index contributed by atoms with van der Waals surface area (Å²) in [6.45, 7) is 1.48. The van der Waals surface area contributed by atoms with Crippen molar-refractivity contribution in [2.45, 2.75) is 11.3 Å². The molecule has 0 saturated carbocycles. The van der Waals surface area contributed by atoms with Crippen LogP contribution in [0.4, 0.5) is 15.8 Å². The average Bonchev–Trinajstić information content (AvgIpc) is 2.93. The zero-order chi connectivity index (χ0) is 21.2. The van der Waals surface area contributed by atoms with Gasteiger partial charge in [0.15, 0.2) is 9.84 Å². The maximum Gasteiger partial charge on any atom is 0.311 e. The number of nitro benzene ring substituents is 1. The number of benzene rings is 2. The molecule has 1 heterocycles. The second-order valence-corrected chi connectivity index (χ2v) is 8.78. The fourth-order valence-corrected chi connectivity index (χ4v) is 4.24.